The number of nitrogens with zero attached hydrogens (tertiary/aromatic N) is 1. The van der Waals surface area contributed by atoms with Crippen LogP contribution in [0.15, 0.2) is 12.3 Å². The van der Waals surface area contributed by atoms with Gasteiger partial charge in [-0.25, -0.2) is 0 Å². The van der Waals surface area contributed by atoms with Crippen LogP contribution >= 0.6 is 0 Å². The van der Waals surface area contributed by atoms with E-state index in [1.54, 1.807) is 0 Å². The first kappa shape index (κ1) is 8.50. The van der Waals surface area contributed by atoms with Gasteiger partial charge in [0.1, 0.15) is 0 Å². The molecule has 54 valence electrons. The van der Waals surface area contributed by atoms with Gasteiger partial charge >= 0.3 is 0 Å². The van der Waals surface area contributed by atoms with Gasteiger partial charge in [0.25, 0.3) is 0 Å². The minimum atomic E-state index is 0.635. The predicted octanol–water partition coefficient (Wildman–Crippen LogP) is 0.801. The molecule has 0 atom stereocenters. The summed E-state index contributed by atoms with van der Waals surface area (Å²) in [5.41, 5.74) is 5.27. The third-order valence-corrected chi connectivity index (χ3v) is 1.26. The van der Waals surface area contributed by atoms with Gasteiger partial charge in [0, 0.05) is 19.6 Å². The second kappa shape index (κ2) is 5.63. The third-order valence-electron chi connectivity index (χ3n) is 1.26. The molecule has 0 unspecified atom stereocenters. The van der Waals surface area contributed by atoms with Crippen molar-refractivity contribution in [1.82, 2.24) is 4.90 Å². The topological polar surface area (TPSA) is 29.3 Å². The van der Waals surface area contributed by atoms with Gasteiger partial charge in [0.2, 0.25) is 0 Å². The second-order valence-electron chi connectivity index (χ2n) is 1.84. The highest BCUT2D eigenvalue weighted by Crippen LogP contribution is 1.85. The van der Waals surface area contributed by atoms with E-state index < -0.39 is 0 Å². The van der Waals surface area contributed by atoms with Crippen molar-refractivity contribution >= 4 is 0 Å². The fourth-order valence-electron chi connectivity index (χ4n) is 0.644. The first-order valence-electron chi connectivity index (χ1n) is 3.45. The maximum absolute atomic E-state index is 5.27. The molecule has 0 aliphatic carbocycles. The minimum absolute atomic E-state index is 0.635. The van der Waals surface area contributed by atoms with Crippen LogP contribution in [-0.2, 0) is 0 Å². The summed E-state index contributed by atoms with van der Waals surface area (Å²) in [6, 6.07) is 0. The van der Waals surface area contributed by atoms with Gasteiger partial charge in [-0.2, -0.15) is 0 Å². The highest BCUT2D eigenvalue weighted by Gasteiger charge is 1.85. The molecule has 0 aliphatic rings. The number of rotatable bonds is 4. The van der Waals surface area contributed by atoms with Gasteiger partial charge in [-0.05, 0) is 20.0 Å². The third kappa shape index (κ3) is 4.03. The molecule has 0 heterocycles. The summed E-state index contributed by atoms with van der Waals surface area (Å²) in [7, 11) is 0. The smallest absolute Gasteiger partial charge is 0.0143 e. The van der Waals surface area contributed by atoms with Crippen molar-refractivity contribution in [3.8, 4) is 0 Å². The first-order valence-corrected chi connectivity index (χ1v) is 3.45. The molecule has 0 bridgehead atoms. The summed E-state index contributed by atoms with van der Waals surface area (Å²) in [4.78, 5) is 2.20. The monoisotopic (exact) mass is 128 g/mol. The average Bonchev–Trinajstić information content (AvgIpc) is 1.91. The molecular formula is C7H16N2. The van der Waals surface area contributed by atoms with Gasteiger partial charge in [0.15, 0.2) is 0 Å². The summed E-state index contributed by atoms with van der Waals surface area (Å²) in [6.45, 7) is 7.02. The first-order chi connectivity index (χ1) is 4.35. The van der Waals surface area contributed by atoms with Crippen molar-refractivity contribution in [2.24, 2.45) is 5.73 Å². The molecule has 2 heteroatoms. The number of hydrogen-bond donors (Lipinski definition) is 1. The molecular weight excluding hydrogens is 112 g/mol. The zero-order chi connectivity index (χ0) is 7.11. The van der Waals surface area contributed by atoms with Crippen LogP contribution < -0.4 is 5.73 Å². The quantitative estimate of drug-likeness (QED) is 0.607. The molecule has 0 aromatic heterocycles. The van der Waals surface area contributed by atoms with E-state index in [0.717, 1.165) is 13.1 Å². The minimum Gasteiger partial charge on any atom is -0.378 e. The van der Waals surface area contributed by atoms with Crippen LogP contribution in [-0.4, -0.2) is 24.5 Å². The summed E-state index contributed by atoms with van der Waals surface area (Å²) in [5.74, 6) is 0. The van der Waals surface area contributed by atoms with E-state index in [1.165, 1.54) is 0 Å². The van der Waals surface area contributed by atoms with E-state index in [1.807, 2.05) is 12.3 Å². The molecule has 0 spiro atoms. The molecule has 0 rings (SSSR count). The Morgan fingerprint density at radius 1 is 1.33 bits per heavy atom. The highest BCUT2D eigenvalue weighted by atomic mass is 15.1. The van der Waals surface area contributed by atoms with Crippen molar-refractivity contribution in [2.75, 3.05) is 19.6 Å². The van der Waals surface area contributed by atoms with Crippen LogP contribution in [0, 0.1) is 0 Å². The maximum atomic E-state index is 5.27. The van der Waals surface area contributed by atoms with E-state index in [2.05, 4.69) is 18.7 Å². The van der Waals surface area contributed by atoms with Crippen molar-refractivity contribution < 1.29 is 0 Å². The fourth-order valence-corrected chi connectivity index (χ4v) is 0.644. The van der Waals surface area contributed by atoms with E-state index in [-0.39, 0.29) is 0 Å². The molecule has 0 amide bonds. The van der Waals surface area contributed by atoms with Crippen LogP contribution in [0.25, 0.3) is 0 Å². The number of nitrogens with two attached hydrogens (primary N) is 1. The molecule has 0 saturated heterocycles. The Labute approximate surface area is 57.3 Å². The zero-order valence-corrected chi connectivity index (χ0v) is 6.30. The van der Waals surface area contributed by atoms with Gasteiger partial charge in [-0.3, -0.25) is 0 Å². The van der Waals surface area contributed by atoms with Crippen molar-refractivity contribution in [1.29, 1.82) is 0 Å². The lowest BCUT2D eigenvalue weighted by Crippen LogP contribution is -2.15. The van der Waals surface area contributed by atoms with E-state index >= 15 is 0 Å². The largest absolute Gasteiger partial charge is 0.378 e. The molecule has 0 radical (unpaired) electrons. The molecule has 9 heavy (non-hydrogen) atoms. The lowest BCUT2D eigenvalue weighted by molar-refractivity contribution is 0.418. The summed E-state index contributed by atoms with van der Waals surface area (Å²) >= 11 is 0. The molecule has 2 nitrogen and oxygen atoms in total. The van der Waals surface area contributed by atoms with E-state index in [9.17, 15) is 0 Å². The Kier molecular flexibility index (Phi) is 5.32. The summed E-state index contributed by atoms with van der Waals surface area (Å²) in [5, 5.41) is 0. The van der Waals surface area contributed by atoms with Crippen LogP contribution in [0.2, 0.25) is 0 Å². The predicted molar refractivity (Wildman–Crippen MR) is 41.1 cm³/mol. The molecule has 2 N–H and O–H groups in total. The van der Waals surface area contributed by atoms with Gasteiger partial charge < -0.3 is 10.6 Å². The van der Waals surface area contributed by atoms with E-state index in [4.69, 9.17) is 5.73 Å². The molecule has 0 aromatic carbocycles. The van der Waals surface area contributed by atoms with Gasteiger partial charge in [-0.15, -0.1) is 0 Å². The lowest BCUT2D eigenvalue weighted by atomic mass is 10.5. The van der Waals surface area contributed by atoms with Gasteiger partial charge in [0.05, 0.1) is 0 Å². The highest BCUT2D eigenvalue weighted by molar-refractivity contribution is 4.81. The molecule has 0 aliphatic heterocycles. The lowest BCUT2D eigenvalue weighted by Gasteiger charge is -2.13. The SMILES string of the molecule is CCN(/C=C/CN)CC. The zero-order valence-electron chi connectivity index (χ0n) is 6.30. The standard InChI is InChI=1S/C7H16N2/c1-3-9(4-2)7-5-6-8/h5,7H,3-4,6,8H2,1-2H3/b7-5+. The Bertz CT molecular complexity index is 75.0. The van der Waals surface area contributed by atoms with Crippen LogP contribution in [0.4, 0.5) is 0 Å². The Morgan fingerprint density at radius 2 is 1.89 bits per heavy atom. The number of hydrogen-bond acceptors (Lipinski definition) is 2. The summed E-state index contributed by atoms with van der Waals surface area (Å²) in [6.07, 6.45) is 4.01. The molecule has 0 saturated carbocycles. The molecule has 0 fully saturated rings. The Balaban J connectivity index is 3.41. The maximum Gasteiger partial charge on any atom is 0.0143 e. The average molecular weight is 128 g/mol. The van der Waals surface area contributed by atoms with Crippen LogP contribution in [0.5, 0.6) is 0 Å². The van der Waals surface area contributed by atoms with Crippen molar-refractivity contribution in [3.05, 3.63) is 12.3 Å². The van der Waals surface area contributed by atoms with Gasteiger partial charge in [-0.1, -0.05) is 6.08 Å². The van der Waals surface area contributed by atoms with Crippen molar-refractivity contribution in [2.45, 2.75) is 13.8 Å². The second-order valence-corrected chi connectivity index (χ2v) is 1.84. The normalized spacial score (nSPS) is 10.6. The summed E-state index contributed by atoms with van der Waals surface area (Å²) < 4.78 is 0. The van der Waals surface area contributed by atoms with Crippen LogP contribution in [0.3, 0.4) is 0 Å². The Morgan fingerprint density at radius 3 is 2.22 bits per heavy atom. The fraction of sp³-hybridized carbons (Fsp3) is 0.714. The van der Waals surface area contributed by atoms with Crippen LogP contribution in [0.1, 0.15) is 13.8 Å². The van der Waals surface area contributed by atoms with Crippen molar-refractivity contribution in [3.63, 3.8) is 0 Å². The Hall–Kier alpha value is -0.500. The molecule has 0 aromatic rings. The van der Waals surface area contributed by atoms with E-state index in [0.29, 0.717) is 6.54 Å².